The molecule has 0 bridgehead atoms. The van der Waals surface area contributed by atoms with Gasteiger partial charge in [0.05, 0.1) is 5.92 Å². The predicted octanol–water partition coefficient (Wildman–Crippen LogP) is 5.52. The first-order valence-electron chi connectivity index (χ1n) is 8.93. The maximum Gasteiger partial charge on any atom is 0.126 e. The fourth-order valence-electron chi connectivity index (χ4n) is 3.64. The molecule has 0 amide bonds. The molecule has 3 heteroatoms. The van der Waals surface area contributed by atoms with Gasteiger partial charge < -0.3 is 9.84 Å². The second-order valence-corrected chi connectivity index (χ2v) is 7.99. The Morgan fingerprint density at radius 3 is 2.69 bits per heavy atom. The van der Waals surface area contributed by atoms with Crippen molar-refractivity contribution in [1.29, 1.82) is 0 Å². The van der Waals surface area contributed by atoms with Crippen molar-refractivity contribution in [3.8, 4) is 23.3 Å². The number of aromatic hydroxyl groups is 1. The van der Waals surface area contributed by atoms with Crippen LogP contribution in [0.25, 0.3) is 10.1 Å². The Balaban J connectivity index is 1.71. The maximum absolute atomic E-state index is 10.4. The molecule has 0 aliphatic carbocycles. The number of phenols is 1. The molecule has 1 N–H and O–H groups in total. The molecule has 1 aromatic heterocycles. The van der Waals surface area contributed by atoms with Gasteiger partial charge in [-0.2, -0.15) is 0 Å². The summed E-state index contributed by atoms with van der Waals surface area (Å²) < 4.78 is 7.50. The lowest BCUT2D eigenvalue weighted by Crippen LogP contribution is -2.30. The van der Waals surface area contributed by atoms with E-state index in [0.717, 1.165) is 40.0 Å². The van der Waals surface area contributed by atoms with Crippen molar-refractivity contribution < 1.29 is 9.84 Å². The van der Waals surface area contributed by atoms with Crippen LogP contribution in [0.4, 0.5) is 0 Å². The lowest BCUT2D eigenvalue weighted by Gasteiger charge is -2.32. The van der Waals surface area contributed by atoms with Crippen molar-refractivity contribution in [1.82, 2.24) is 0 Å². The highest BCUT2D eigenvalue weighted by atomic mass is 32.1. The first-order valence-corrected chi connectivity index (χ1v) is 9.81. The van der Waals surface area contributed by atoms with Gasteiger partial charge in [0.1, 0.15) is 17.6 Å². The van der Waals surface area contributed by atoms with Gasteiger partial charge in [0.15, 0.2) is 0 Å². The van der Waals surface area contributed by atoms with E-state index in [0.29, 0.717) is 5.75 Å². The third kappa shape index (κ3) is 2.66. The molecule has 4 rings (SSSR count). The van der Waals surface area contributed by atoms with E-state index in [4.69, 9.17) is 4.74 Å². The third-order valence-electron chi connectivity index (χ3n) is 5.51. The monoisotopic (exact) mass is 362 g/mol. The lowest BCUT2D eigenvalue weighted by molar-refractivity contribution is 0.156. The van der Waals surface area contributed by atoms with Gasteiger partial charge in [-0.1, -0.05) is 30.0 Å². The SMILES string of the molecule is Cc1c(C)c2c(c(C)c1O)CC(C#Cc1csc3ccccc13)C(C)O2. The van der Waals surface area contributed by atoms with Gasteiger partial charge in [0.2, 0.25) is 0 Å². The minimum atomic E-state index is 0.0296. The topological polar surface area (TPSA) is 29.5 Å². The molecular weight excluding hydrogens is 340 g/mol. The highest BCUT2D eigenvalue weighted by Crippen LogP contribution is 2.42. The van der Waals surface area contributed by atoms with Crippen LogP contribution in [0.5, 0.6) is 11.5 Å². The number of thiophene rings is 1. The summed E-state index contributed by atoms with van der Waals surface area (Å²) in [5.74, 6) is 8.25. The van der Waals surface area contributed by atoms with E-state index >= 15 is 0 Å². The zero-order chi connectivity index (χ0) is 18.4. The van der Waals surface area contributed by atoms with Crippen LogP contribution in [0.1, 0.15) is 34.7 Å². The second-order valence-electron chi connectivity index (χ2n) is 7.08. The van der Waals surface area contributed by atoms with E-state index in [1.54, 1.807) is 11.3 Å². The molecule has 0 radical (unpaired) electrons. The molecule has 2 heterocycles. The summed E-state index contributed by atoms with van der Waals surface area (Å²) in [6.45, 7) is 8.02. The van der Waals surface area contributed by atoms with E-state index in [1.165, 1.54) is 10.1 Å². The maximum atomic E-state index is 10.4. The molecule has 2 atom stereocenters. The van der Waals surface area contributed by atoms with Crippen LogP contribution in [-0.4, -0.2) is 11.2 Å². The zero-order valence-electron chi connectivity index (χ0n) is 15.5. The predicted molar refractivity (Wildman–Crippen MR) is 108 cm³/mol. The van der Waals surface area contributed by atoms with Crippen LogP contribution in [0.3, 0.4) is 0 Å². The van der Waals surface area contributed by atoms with Crippen LogP contribution < -0.4 is 4.74 Å². The summed E-state index contributed by atoms with van der Waals surface area (Å²) in [4.78, 5) is 0. The third-order valence-corrected chi connectivity index (χ3v) is 6.47. The number of fused-ring (bicyclic) bond motifs is 2. The van der Waals surface area contributed by atoms with E-state index in [2.05, 4.69) is 48.4 Å². The Labute approximate surface area is 158 Å². The fourth-order valence-corrected chi connectivity index (χ4v) is 4.53. The normalized spacial score (nSPS) is 18.8. The average molecular weight is 362 g/mol. The van der Waals surface area contributed by atoms with Gasteiger partial charge in [0, 0.05) is 26.6 Å². The Hall–Kier alpha value is -2.44. The zero-order valence-corrected chi connectivity index (χ0v) is 16.3. The van der Waals surface area contributed by atoms with Crippen LogP contribution >= 0.6 is 11.3 Å². The molecule has 2 aromatic carbocycles. The van der Waals surface area contributed by atoms with Crippen LogP contribution in [0, 0.1) is 38.5 Å². The number of hydrogen-bond acceptors (Lipinski definition) is 3. The van der Waals surface area contributed by atoms with Crippen molar-refractivity contribution >= 4 is 21.4 Å². The molecule has 0 saturated carbocycles. The smallest absolute Gasteiger partial charge is 0.126 e. The molecular formula is C23H22O2S. The van der Waals surface area contributed by atoms with Gasteiger partial charge in [-0.3, -0.25) is 0 Å². The van der Waals surface area contributed by atoms with Crippen molar-refractivity contribution in [2.24, 2.45) is 5.92 Å². The van der Waals surface area contributed by atoms with E-state index in [9.17, 15) is 5.11 Å². The molecule has 26 heavy (non-hydrogen) atoms. The molecule has 1 aliphatic heterocycles. The van der Waals surface area contributed by atoms with Crippen molar-refractivity contribution in [2.45, 2.75) is 40.2 Å². The van der Waals surface area contributed by atoms with Crippen LogP contribution in [0.2, 0.25) is 0 Å². The number of ether oxygens (including phenoxy) is 1. The average Bonchev–Trinajstić information content (AvgIpc) is 3.06. The molecule has 1 aliphatic rings. The van der Waals surface area contributed by atoms with Crippen molar-refractivity contribution in [2.75, 3.05) is 0 Å². The van der Waals surface area contributed by atoms with Crippen LogP contribution in [-0.2, 0) is 6.42 Å². The molecule has 3 aromatic rings. The summed E-state index contributed by atoms with van der Waals surface area (Å²) in [6, 6.07) is 8.37. The number of rotatable bonds is 0. The molecule has 2 unspecified atom stereocenters. The Kier molecular flexibility index (Phi) is 4.17. The standard InChI is InChI=1S/C23H22O2S/c1-13-14(2)23-20(15(3)22(13)24)11-17(16(4)25-23)9-10-18-12-26-21-8-6-5-7-19(18)21/h5-8,12,16-17,24H,11H2,1-4H3. The summed E-state index contributed by atoms with van der Waals surface area (Å²) in [5, 5.41) is 13.8. The molecule has 0 fully saturated rings. The van der Waals surface area contributed by atoms with Gasteiger partial charge in [0.25, 0.3) is 0 Å². The van der Waals surface area contributed by atoms with Crippen molar-refractivity contribution in [3.05, 3.63) is 57.5 Å². The number of benzene rings is 2. The fraction of sp³-hybridized carbons (Fsp3) is 0.304. The number of hydrogen-bond donors (Lipinski definition) is 1. The summed E-state index contributed by atoms with van der Waals surface area (Å²) >= 11 is 1.73. The first kappa shape index (κ1) is 17.0. The Bertz CT molecular complexity index is 1070. The number of phenolic OH excluding ortho intramolecular Hbond substituents is 1. The van der Waals surface area contributed by atoms with Gasteiger partial charge in [-0.15, -0.1) is 11.3 Å². The molecule has 0 saturated heterocycles. The summed E-state index contributed by atoms with van der Waals surface area (Å²) in [7, 11) is 0. The van der Waals surface area contributed by atoms with E-state index < -0.39 is 0 Å². The lowest BCUT2D eigenvalue weighted by atomic mass is 9.86. The minimum absolute atomic E-state index is 0.0296. The van der Waals surface area contributed by atoms with E-state index in [-0.39, 0.29) is 12.0 Å². The Morgan fingerprint density at radius 1 is 1.12 bits per heavy atom. The Morgan fingerprint density at radius 2 is 1.88 bits per heavy atom. The van der Waals surface area contributed by atoms with Gasteiger partial charge in [-0.05, 0) is 56.9 Å². The first-order chi connectivity index (χ1) is 12.5. The molecule has 132 valence electrons. The van der Waals surface area contributed by atoms with Gasteiger partial charge >= 0.3 is 0 Å². The van der Waals surface area contributed by atoms with Crippen LogP contribution in [0.15, 0.2) is 29.6 Å². The van der Waals surface area contributed by atoms with Gasteiger partial charge in [-0.25, -0.2) is 0 Å². The minimum Gasteiger partial charge on any atom is -0.507 e. The molecule has 2 nitrogen and oxygen atoms in total. The second kappa shape index (κ2) is 6.37. The highest BCUT2D eigenvalue weighted by Gasteiger charge is 2.30. The quantitative estimate of drug-likeness (QED) is 0.533. The largest absolute Gasteiger partial charge is 0.507 e. The van der Waals surface area contributed by atoms with E-state index in [1.807, 2.05) is 20.8 Å². The molecule has 0 spiro atoms. The summed E-state index contributed by atoms with van der Waals surface area (Å²) in [5.41, 5.74) is 5.04. The van der Waals surface area contributed by atoms with Crippen molar-refractivity contribution in [3.63, 3.8) is 0 Å². The summed E-state index contributed by atoms with van der Waals surface area (Å²) in [6.07, 6.45) is 0.841. The highest BCUT2D eigenvalue weighted by molar-refractivity contribution is 7.17.